The summed E-state index contributed by atoms with van der Waals surface area (Å²) in [6.07, 6.45) is 0. The number of hydrogen-bond donors (Lipinski definition) is 0. The van der Waals surface area contributed by atoms with Crippen LogP contribution >= 0.6 is 11.8 Å². The molecule has 54 heavy (non-hydrogen) atoms. The van der Waals surface area contributed by atoms with Gasteiger partial charge in [0, 0.05) is 65.8 Å². The Balaban J connectivity index is 1.12. The van der Waals surface area contributed by atoms with Crippen molar-refractivity contribution in [3.8, 4) is 5.69 Å². The monoisotopic (exact) mass is 702 g/mol. The van der Waals surface area contributed by atoms with E-state index in [1.165, 1.54) is 81.7 Å². The minimum absolute atomic E-state index is 0.0100. The van der Waals surface area contributed by atoms with E-state index in [9.17, 15) is 0 Å². The van der Waals surface area contributed by atoms with Gasteiger partial charge in [-0.2, -0.15) is 0 Å². The topological polar surface area (TPSA) is 24.3 Å². The predicted octanol–water partition coefficient (Wildman–Crippen LogP) is 7.56. The van der Waals surface area contributed by atoms with Crippen LogP contribution in [0.1, 0.15) is 0 Å². The summed E-state index contributed by atoms with van der Waals surface area (Å²) in [6, 6.07) is 62.5. The fourth-order valence-corrected chi connectivity index (χ4v) is 11.1. The van der Waals surface area contributed by atoms with Crippen molar-refractivity contribution >= 4 is 114 Å². The van der Waals surface area contributed by atoms with E-state index < -0.39 is 0 Å². The summed E-state index contributed by atoms with van der Waals surface area (Å²) in [5, 5.41) is 2.59. The Kier molecular flexibility index (Phi) is 5.70. The van der Waals surface area contributed by atoms with Crippen LogP contribution in [0.3, 0.4) is 0 Å². The van der Waals surface area contributed by atoms with Gasteiger partial charge in [0.1, 0.15) is 5.82 Å². The summed E-state index contributed by atoms with van der Waals surface area (Å²) in [6.45, 7) is 0.0293. The lowest BCUT2D eigenvalue weighted by atomic mass is 9.33. The zero-order valence-electron chi connectivity index (χ0n) is 29.0. The van der Waals surface area contributed by atoms with Gasteiger partial charge >= 0.3 is 0 Å². The molecule has 0 fully saturated rings. The molecule has 0 saturated carbocycles. The molecular formula is C47H28B2N4S. The fraction of sp³-hybridized carbons (Fsp3) is 0. The lowest BCUT2D eigenvalue weighted by molar-refractivity contribution is 1.16. The summed E-state index contributed by atoms with van der Waals surface area (Å²) in [7, 11) is 0. The van der Waals surface area contributed by atoms with Gasteiger partial charge in [0.2, 0.25) is 0 Å². The molecule has 0 N–H and O–H groups in total. The molecule has 0 unspecified atom stereocenters. The smallest absolute Gasteiger partial charge is 0.272 e. The molecule has 0 radical (unpaired) electrons. The highest BCUT2D eigenvalue weighted by molar-refractivity contribution is 8.00. The molecule has 9 aromatic rings. The number of hydrogen-bond acceptors (Lipinski definition) is 4. The Bertz CT molecular complexity index is 3070. The quantitative estimate of drug-likeness (QED) is 0.174. The molecule has 4 nitrogen and oxygen atoms in total. The number of benzene rings is 7. The second-order valence-electron chi connectivity index (χ2n) is 14.6. The van der Waals surface area contributed by atoms with Crippen molar-refractivity contribution in [2.75, 3.05) is 9.80 Å². The van der Waals surface area contributed by atoms with Gasteiger partial charge < -0.3 is 9.47 Å². The minimum atomic E-state index is 0.0100. The number of nitrogens with zero attached hydrogens (tertiary/aromatic N) is 4. The number of pyridine rings is 1. The zero-order valence-corrected chi connectivity index (χ0v) is 29.8. The van der Waals surface area contributed by atoms with Gasteiger partial charge in [-0.05, 0) is 94.0 Å². The van der Waals surface area contributed by atoms with E-state index in [4.69, 9.17) is 4.98 Å². The van der Waals surface area contributed by atoms with Crippen molar-refractivity contribution in [3.63, 3.8) is 0 Å². The Morgan fingerprint density at radius 2 is 1.07 bits per heavy atom. The second-order valence-corrected chi connectivity index (χ2v) is 15.7. The lowest BCUT2D eigenvalue weighted by Gasteiger charge is -2.44. The summed E-state index contributed by atoms with van der Waals surface area (Å²) in [5.74, 6) is 1.01. The summed E-state index contributed by atoms with van der Waals surface area (Å²) in [4.78, 5) is 13.3. The van der Waals surface area contributed by atoms with Crippen LogP contribution in [-0.4, -0.2) is 23.0 Å². The standard InChI is InChI=1S/C47H28B2N4S/c1-3-14-29(15-4-1)51-37-23-10-8-20-33(37)48-35-28-42-46(50-47(35)52(30-16-5-2-6-17-30)39-25-12-24-38(51)43(39)48)49-34-21-11-19-32-31-18-7-9-22-36(31)53(45(32)34)40-26-13-27-41(54-42)44(40)49/h1-28H. The predicted molar refractivity (Wildman–Crippen MR) is 228 cm³/mol. The molecule has 0 bridgehead atoms. The first-order chi connectivity index (χ1) is 26.8. The van der Waals surface area contributed by atoms with E-state index in [2.05, 4.69) is 184 Å². The molecule has 7 aromatic carbocycles. The maximum Gasteiger partial charge on any atom is 0.272 e. The highest BCUT2D eigenvalue weighted by atomic mass is 32.2. The van der Waals surface area contributed by atoms with Gasteiger partial charge in [0.05, 0.1) is 5.52 Å². The molecule has 13 rings (SSSR count). The normalized spacial score (nSPS) is 14.1. The van der Waals surface area contributed by atoms with Gasteiger partial charge in [-0.1, -0.05) is 115 Å². The van der Waals surface area contributed by atoms with E-state index in [0.717, 1.165) is 22.8 Å². The van der Waals surface area contributed by atoms with Crippen molar-refractivity contribution in [2.45, 2.75) is 9.79 Å². The summed E-state index contributed by atoms with van der Waals surface area (Å²) >= 11 is 1.88. The van der Waals surface area contributed by atoms with E-state index in [1.54, 1.807) is 0 Å². The molecular weight excluding hydrogens is 674 g/mol. The summed E-state index contributed by atoms with van der Waals surface area (Å²) < 4.78 is 2.50. The Morgan fingerprint density at radius 3 is 1.93 bits per heavy atom. The van der Waals surface area contributed by atoms with Crippen molar-refractivity contribution in [3.05, 3.63) is 170 Å². The average molecular weight is 702 g/mol. The molecule has 0 spiro atoms. The van der Waals surface area contributed by atoms with E-state index in [0.29, 0.717) is 0 Å². The Labute approximate surface area is 317 Å². The van der Waals surface area contributed by atoms with Crippen molar-refractivity contribution in [1.82, 2.24) is 9.55 Å². The molecule has 0 amide bonds. The first-order valence-corrected chi connectivity index (χ1v) is 19.5. The zero-order chi connectivity index (χ0) is 35.1. The van der Waals surface area contributed by atoms with Crippen molar-refractivity contribution in [1.29, 1.82) is 0 Å². The Hall–Kier alpha value is -6.43. The molecule has 4 aliphatic heterocycles. The van der Waals surface area contributed by atoms with Crippen LogP contribution in [0, 0.1) is 0 Å². The summed E-state index contributed by atoms with van der Waals surface area (Å²) in [5.41, 5.74) is 17.3. The van der Waals surface area contributed by atoms with Gasteiger partial charge in [0.15, 0.2) is 0 Å². The third-order valence-electron chi connectivity index (χ3n) is 12.0. The maximum absolute atomic E-state index is 5.93. The van der Waals surface area contributed by atoms with E-state index in [-0.39, 0.29) is 13.4 Å². The molecule has 248 valence electrons. The van der Waals surface area contributed by atoms with Crippen molar-refractivity contribution in [2.24, 2.45) is 0 Å². The molecule has 0 aliphatic carbocycles. The molecule has 7 heteroatoms. The molecule has 0 atom stereocenters. The SMILES string of the molecule is c1ccc(N2c3ccccc3B3c4cc5c(nc4N(c4ccccc4)c4cccc2c43)B2c3c(cccc3-n3c4ccccc4c4cccc2c43)S5)cc1. The van der Waals surface area contributed by atoms with E-state index >= 15 is 0 Å². The fourth-order valence-electron chi connectivity index (χ4n) is 9.96. The second kappa shape index (κ2) is 10.6. The van der Waals surface area contributed by atoms with Crippen LogP contribution in [0.2, 0.25) is 0 Å². The molecule has 2 aromatic heterocycles. The van der Waals surface area contributed by atoms with Gasteiger partial charge in [-0.3, -0.25) is 4.90 Å². The van der Waals surface area contributed by atoms with Gasteiger partial charge in [0.25, 0.3) is 13.4 Å². The number of aromatic nitrogens is 2. The molecule has 6 heterocycles. The number of fused-ring (bicyclic) bond motifs is 11. The third-order valence-corrected chi connectivity index (χ3v) is 13.1. The van der Waals surface area contributed by atoms with Crippen LogP contribution < -0.4 is 42.7 Å². The third kappa shape index (κ3) is 3.65. The van der Waals surface area contributed by atoms with Crippen LogP contribution in [0.15, 0.2) is 180 Å². The number of para-hydroxylation sites is 5. The molecule has 0 saturated heterocycles. The number of rotatable bonds is 2. The van der Waals surface area contributed by atoms with Crippen LogP contribution in [0.4, 0.5) is 34.3 Å². The highest BCUT2D eigenvalue weighted by Crippen LogP contribution is 2.44. The van der Waals surface area contributed by atoms with Crippen molar-refractivity contribution < 1.29 is 0 Å². The van der Waals surface area contributed by atoms with Gasteiger partial charge in [-0.25, -0.2) is 4.98 Å². The van der Waals surface area contributed by atoms with Crippen LogP contribution in [-0.2, 0) is 0 Å². The lowest BCUT2D eigenvalue weighted by Crippen LogP contribution is -2.64. The minimum Gasteiger partial charge on any atom is -0.311 e. The average Bonchev–Trinajstić information content (AvgIpc) is 3.57. The maximum atomic E-state index is 5.93. The highest BCUT2D eigenvalue weighted by Gasteiger charge is 2.47. The number of anilines is 6. The molecule has 4 aliphatic rings. The van der Waals surface area contributed by atoms with Crippen LogP contribution in [0.25, 0.3) is 27.5 Å². The first-order valence-electron chi connectivity index (χ1n) is 18.6. The van der Waals surface area contributed by atoms with Gasteiger partial charge in [-0.15, -0.1) is 0 Å². The Morgan fingerprint density at radius 1 is 0.444 bits per heavy atom. The van der Waals surface area contributed by atoms with Crippen LogP contribution in [0.5, 0.6) is 0 Å². The van der Waals surface area contributed by atoms with E-state index in [1.807, 2.05) is 11.8 Å². The largest absolute Gasteiger partial charge is 0.311 e. The first kappa shape index (κ1) is 29.1.